The molecule has 3 amide bonds. The van der Waals surface area contributed by atoms with Crippen LogP contribution in [-0.4, -0.2) is 29.2 Å². The van der Waals surface area contributed by atoms with E-state index in [1.54, 1.807) is 11.0 Å². The van der Waals surface area contributed by atoms with Crippen LogP contribution in [0, 0.1) is 0 Å². The summed E-state index contributed by atoms with van der Waals surface area (Å²) in [5.74, 6) is -0.973. The molecule has 2 aromatic rings. The van der Waals surface area contributed by atoms with Gasteiger partial charge in [-0.25, -0.2) is 0 Å². The van der Waals surface area contributed by atoms with Crippen molar-refractivity contribution in [3.63, 3.8) is 0 Å². The number of halogens is 1. The molecule has 126 valence electrons. The lowest BCUT2D eigenvalue weighted by Crippen LogP contribution is -2.34. The predicted octanol–water partition coefficient (Wildman–Crippen LogP) is 2.36. The van der Waals surface area contributed by atoms with Gasteiger partial charge in [0, 0.05) is 18.3 Å². The molecule has 0 radical (unpaired) electrons. The van der Waals surface area contributed by atoms with Gasteiger partial charge in [0.25, 0.3) is 11.8 Å². The fourth-order valence-corrected chi connectivity index (χ4v) is 4.19. The first kappa shape index (κ1) is 16.7. The number of rotatable bonds is 3. The molecule has 0 spiro atoms. The zero-order valence-corrected chi connectivity index (χ0v) is 15.1. The number of anilines is 1. The van der Waals surface area contributed by atoms with E-state index in [-0.39, 0.29) is 11.7 Å². The maximum atomic E-state index is 12.3. The quantitative estimate of drug-likeness (QED) is 0.807. The predicted molar refractivity (Wildman–Crippen MR) is 92.0 cm³/mol. The number of furan rings is 1. The first-order valence-corrected chi connectivity index (χ1v) is 8.74. The number of amides is 3. The van der Waals surface area contributed by atoms with Crippen molar-refractivity contribution in [1.82, 2.24) is 4.90 Å². The van der Waals surface area contributed by atoms with E-state index in [9.17, 15) is 14.4 Å². The maximum absolute atomic E-state index is 12.3. The van der Waals surface area contributed by atoms with E-state index in [1.165, 1.54) is 24.3 Å². The molecule has 1 aliphatic heterocycles. The highest BCUT2D eigenvalue weighted by Crippen LogP contribution is 2.37. The molecule has 0 saturated carbocycles. The van der Waals surface area contributed by atoms with Crippen LogP contribution in [0.2, 0.25) is 0 Å². The Bertz CT molecular complexity index is 842. The lowest BCUT2D eigenvalue weighted by atomic mass is 10.0. The summed E-state index contributed by atoms with van der Waals surface area (Å²) in [6.07, 6.45) is 0.534. The van der Waals surface area contributed by atoms with Gasteiger partial charge in [-0.2, -0.15) is 0 Å². The van der Waals surface area contributed by atoms with Gasteiger partial charge in [0.2, 0.25) is 5.91 Å². The Morgan fingerprint density at radius 3 is 2.71 bits per heavy atom. The fraction of sp³-hybridized carbons (Fsp3) is 0.267. The Labute approximate surface area is 149 Å². The standard InChI is InChI=1S/C15H14BrN3O4S/c1-7(20)19-5-4-8-10(6-19)24-15(12(8)13(17)21)18-14(22)9-2-3-11(16)23-9/h2-3H,4-6H2,1H3,(H2,17,21)(H,18,22). The number of primary amides is 1. The summed E-state index contributed by atoms with van der Waals surface area (Å²) in [5.41, 5.74) is 6.62. The molecule has 7 nitrogen and oxygen atoms in total. The lowest BCUT2D eigenvalue weighted by Gasteiger charge is -2.25. The lowest BCUT2D eigenvalue weighted by molar-refractivity contribution is -0.129. The van der Waals surface area contributed by atoms with Crippen LogP contribution in [0.15, 0.2) is 21.2 Å². The van der Waals surface area contributed by atoms with Crippen LogP contribution in [0.5, 0.6) is 0 Å². The third-order valence-corrected chi connectivity index (χ3v) is 5.33. The number of nitrogens with one attached hydrogen (secondary N) is 1. The molecule has 9 heteroatoms. The molecule has 0 aromatic carbocycles. The number of carbonyl (C=O) groups is 3. The van der Waals surface area contributed by atoms with Crippen LogP contribution in [0.3, 0.4) is 0 Å². The second-order valence-corrected chi connectivity index (χ2v) is 7.21. The minimum absolute atomic E-state index is 0.0271. The SMILES string of the molecule is CC(=O)N1CCc2c(sc(NC(=O)c3ccc(Br)o3)c2C(N)=O)C1. The second kappa shape index (κ2) is 6.40. The van der Waals surface area contributed by atoms with Gasteiger partial charge < -0.3 is 20.4 Å². The van der Waals surface area contributed by atoms with Gasteiger partial charge >= 0.3 is 0 Å². The van der Waals surface area contributed by atoms with Gasteiger partial charge in [-0.05, 0) is 40.0 Å². The van der Waals surface area contributed by atoms with Crippen LogP contribution >= 0.6 is 27.3 Å². The molecule has 0 unspecified atom stereocenters. The fourth-order valence-electron chi connectivity index (χ4n) is 2.62. The third-order valence-electron chi connectivity index (χ3n) is 3.77. The van der Waals surface area contributed by atoms with Crippen molar-refractivity contribution in [3.8, 4) is 0 Å². The first-order valence-electron chi connectivity index (χ1n) is 7.13. The molecule has 3 N–H and O–H groups in total. The minimum Gasteiger partial charge on any atom is -0.444 e. The highest BCUT2D eigenvalue weighted by atomic mass is 79.9. The number of carbonyl (C=O) groups excluding carboxylic acids is 3. The van der Waals surface area contributed by atoms with E-state index in [1.807, 2.05) is 0 Å². The molecular weight excluding hydrogens is 398 g/mol. The number of hydrogen-bond donors (Lipinski definition) is 2. The highest BCUT2D eigenvalue weighted by Gasteiger charge is 2.29. The number of fused-ring (bicyclic) bond motifs is 1. The van der Waals surface area contributed by atoms with Gasteiger partial charge in [-0.1, -0.05) is 0 Å². The molecule has 1 aliphatic rings. The number of hydrogen-bond acceptors (Lipinski definition) is 5. The molecule has 3 heterocycles. The minimum atomic E-state index is -0.597. The van der Waals surface area contributed by atoms with Crippen molar-refractivity contribution in [1.29, 1.82) is 0 Å². The van der Waals surface area contributed by atoms with Crippen molar-refractivity contribution >= 4 is 50.0 Å². The Kier molecular flexibility index (Phi) is 4.46. The smallest absolute Gasteiger partial charge is 0.292 e. The van der Waals surface area contributed by atoms with Crippen LogP contribution < -0.4 is 11.1 Å². The van der Waals surface area contributed by atoms with E-state index in [0.717, 1.165) is 10.4 Å². The van der Waals surface area contributed by atoms with Crippen LogP contribution in [-0.2, 0) is 17.8 Å². The summed E-state index contributed by atoms with van der Waals surface area (Å²) in [6, 6.07) is 3.13. The van der Waals surface area contributed by atoms with E-state index < -0.39 is 11.8 Å². The largest absolute Gasteiger partial charge is 0.444 e. The summed E-state index contributed by atoms with van der Waals surface area (Å²) in [7, 11) is 0. The summed E-state index contributed by atoms with van der Waals surface area (Å²) in [4.78, 5) is 38.2. The van der Waals surface area contributed by atoms with E-state index in [4.69, 9.17) is 10.2 Å². The number of thiophene rings is 1. The van der Waals surface area contributed by atoms with E-state index >= 15 is 0 Å². The Balaban J connectivity index is 1.92. The van der Waals surface area contributed by atoms with Crippen LogP contribution in [0.1, 0.15) is 38.3 Å². The Hall–Kier alpha value is -2.13. The monoisotopic (exact) mass is 411 g/mol. The molecule has 2 aromatic heterocycles. The van der Waals surface area contributed by atoms with Gasteiger partial charge in [0.05, 0.1) is 12.1 Å². The Morgan fingerprint density at radius 1 is 1.38 bits per heavy atom. The molecule has 0 atom stereocenters. The molecule has 0 bridgehead atoms. The molecule has 0 saturated heterocycles. The number of nitrogens with zero attached hydrogens (tertiary/aromatic N) is 1. The van der Waals surface area contributed by atoms with Crippen molar-refractivity contribution in [3.05, 3.63) is 38.6 Å². The third kappa shape index (κ3) is 3.09. The van der Waals surface area contributed by atoms with Gasteiger partial charge in [-0.15, -0.1) is 11.3 Å². The Morgan fingerprint density at radius 2 is 2.12 bits per heavy atom. The maximum Gasteiger partial charge on any atom is 0.292 e. The molecule has 3 rings (SSSR count). The van der Waals surface area contributed by atoms with Crippen molar-refractivity contribution < 1.29 is 18.8 Å². The first-order chi connectivity index (χ1) is 11.4. The number of nitrogens with two attached hydrogens (primary N) is 1. The van der Waals surface area contributed by atoms with E-state index in [0.29, 0.717) is 34.7 Å². The highest BCUT2D eigenvalue weighted by molar-refractivity contribution is 9.10. The summed E-state index contributed by atoms with van der Waals surface area (Å²) in [6.45, 7) is 2.45. The van der Waals surface area contributed by atoms with Crippen molar-refractivity contribution in [2.24, 2.45) is 5.73 Å². The van der Waals surface area contributed by atoms with Crippen LogP contribution in [0.25, 0.3) is 0 Å². The van der Waals surface area contributed by atoms with Crippen LogP contribution in [0.4, 0.5) is 5.00 Å². The summed E-state index contributed by atoms with van der Waals surface area (Å²) < 4.78 is 5.64. The normalized spacial score (nSPS) is 13.5. The van der Waals surface area contributed by atoms with Gasteiger partial charge in [0.1, 0.15) is 5.00 Å². The summed E-state index contributed by atoms with van der Waals surface area (Å²) in [5, 5.41) is 3.07. The molecule has 0 aliphatic carbocycles. The summed E-state index contributed by atoms with van der Waals surface area (Å²) >= 11 is 4.40. The zero-order chi connectivity index (χ0) is 17.4. The average Bonchev–Trinajstić information content (AvgIpc) is 3.09. The molecule has 0 fully saturated rings. The van der Waals surface area contributed by atoms with Gasteiger partial charge in [-0.3, -0.25) is 14.4 Å². The second-order valence-electron chi connectivity index (χ2n) is 5.32. The van der Waals surface area contributed by atoms with Gasteiger partial charge in [0.15, 0.2) is 10.4 Å². The molecule has 24 heavy (non-hydrogen) atoms. The topological polar surface area (TPSA) is 106 Å². The zero-order valence-electron chi connectivity index (χ0n) is 12.7. The average molecular weight is 412 g/mol. The van der Waals surface area contributed by atoms with E-state index in [2.05, 4.69) is 21.2 Å². The van der Waals surface area contributed by atoms with Crippen molar-refractivity contribution in [2.75, 3.05) is 11.9 Å². The molecular formula is C15H14BrN3O4S. The van der Waals surface area contributed by atoms with Crippen molar-refractivity contribution in [2.45, 2.75) is 19.9 Å².